The lowest BCUT2D eigenvalue weighted by atomic mass is 9.58. The number of nitrogens with zero attached hydrogens (tertiary/aromatic N) is 6. The molecule has 1 saturated heterocycles. The minimum Gasteiger partial charge on any atom is -0.320 e. The quantitative estimate of drug-likeness (QED) is 0.280. The molecular formula is C30H31F5N6O. The first-order valence-corrected chi connectivity index (χ1v) is 14.0. The van der Waals surface area contributed by atoms with Gasteiger partial charge >= 0.3 is 6.18 Å². The fourth-order valence-electron chi connectivity index (χ4n) is 6.70. The summed E-state index contributed by atoms with van der Waals surface area (Å²) < 4.78 is 73.6. The number of rotatable bonds is 5. The number of likely N-dealkylation sites (tertiary alicyclic amines) is 1. The van der Waals surface area contributed by atoms with Crippen molar-refractivity contribution < 1.29 is 22.0 Å². The molecule has 2 aliphatic rings. The van der Waals surface area contributed by atoms with Gasteiger partial charge in [0.05, 0.1) is 27.6 Å². The number of aryl methyl sites for hydroxylation is 1. The van der Waals surface area contributed by atoms with E-state index in [1.54, 1.807) is 17.3 Å². The molecule has 0 N–H and O–H groups in total. The van der Waals surface area contributed by atoms with E-state index in [2.05, 4.69) is 22.1 Å². The van der Waals surface area contributed by atoms with Crippen molar-refractivity contribution in [2.24, 2.45) is 18.9 Å². The zero-order valence-electron chi connectivity index (χ0n) is 23.5. The molecule has 0 bridgehead atoms. The number of alkyl halides is 5. The lowest BCUT2D eigenvalue weighted by Gasteiger charge is -2.46. The number of aromatic nitrogens is 5. The molecule has 1 saturated carbocycles. The molecule has 42 heavy (non-hydrogen) atoms. The van der Waals surface area contributed by atoms with Gasteiger partial charge < -0.3 is 4.57 Å². The van der Waals surface area contributed by atoms with E-state index in [9.17, 15) is 26.7 Å². The van der Waals surface area contributed by atoms with E-state index in [-0.39, 0.29) is 37.0 Å². The van der Waals surface area contributed by atoms with Crippen molar-refractivity contribution in [1.82, 2.24) is 29.2 Å². The Hall–Kier alpha value is -3.67. The van der Waals surface area contributed by atoms with Gasteiger partial charge in [-0.1, -0.05) is 26.0 Å². The summed E-state index contributed by atoms with van der Waals surface area (Å²) in [7, 11) is 1.88. The number of piperidine rings is 1. The summed E-state index contributed by atoms with van der Waals surface area (Å²) in [6.07, 6.45) is -0.669. The standard InChI is InChI=1S/C30H31F5N6O/c1-18-12-28(13-18,27-38-37-17-39(27)3)21-5-4-6-22(11-21)41-16-36-25-23(26(41)42)9-20(10-24(25)30(33,34)35)15-40-8-7-29(31,32)19(2)14-40/h4-6,9-11,16-19H,7-8,12-15H2,1-3H3. The number of benzene rings is 2. The van der Waals surface area contributed by atoms with Crippen LogP contribution in [0.5, 0.6) is 0 Å². The van der Waals surface area contributed by atoms with Crippen LogP contribution in [0.25, 0.3) is 16.6 Å². The number of halogens is 5. The van der Waals surface area contributed by atoms with Gasteiger partial charge in [-0.15, -0.1) is 10.2 Å². The maximum Gasteiger partial charge on any atom is 0.418 e. The highest BCUT2D eigenvalue weighted by atomic mass is 19.4. The number of hydrogen-bond donors (Lipinski definition) is 0. The Morgan fingerprint density at radius 2 is 1.83 bits per heavy atom. The van der Waals surface area contributed by atoms with Gasteiger partial charge in [-0.2, -0.15) is 13.2 Å². The van der Waals surface area contributed by atoms with Crippen LogP contribution >= 0.6 is 0 Å². The maximum absolute atomic E-state index is 14.1. The summed E-state index contributed by atoms with van der Waals surface area (Å²) in [6.45, 7) is 3.70. The van der Waals surface area contributed by atoms with Gasteiger partial charge in [0.1, 0.15) is 18.5 Å². The lowest BCUT2D eigenvalue weighted by Crippen LogP contribution is -2.45. The van der Waals surface area contributed by atoms with Crippen molar-refractivity contribution in [2.75, 3.05) is 13.1 Å². The average molecular weight is 587 g/mol. The third-order valence-electron chi connectivity index (χ3n) is 8.86. The lowest BCUT2D eigenvalue weighted by molar-refractivity contribution is -0.136. The van der Waals surface area contributed by atoms with E-state index in [4.69, 9.17) is 0 Å². The summed E-state index contributed by atoms with van der Waals surface area (Å²) in [5.74, 6) is -2.47. The van der Waals surface area contributed by atoms with Gasteiger partial charge in [0.25, 0.3) is 11.5 Å². The Morgan fingerprint density at radius 1 is 1.07 bits per heavy atom. The van der Waals surface area contributed by atoms with Crippen molar-refractivity contribution >= 4 is 10.9 Å². The fraction of sp³-hybridized carbons (Fsp3) is 0.467. The Balaban J connectivity index is 1.42. The molecule has 0 amide bonds. The highest BCUT2D eigenvalue weighted by molar-refractivity contribution is 5.82. The van der Waals surface area contributed by atoms with Crippen LogP contribution in [0.15, 0.2) is 53.8 Å². The van der Waals surface area contributed by atoms with Gasteiger partial charge in [0.2, 0.25) is 0 Å². The summed E-state index contributed by atoms with van der Waals surface area (Å²) >= 11 is 0. The smallest absolute Gasteiger partial charge is 0.320 e. The van der Waals surface area contributed by atoms with Crippen molar-refractivity contribution in [3.8, 4) is 5.69 Å². The summed E-state index contributed by atoms with van der Waals surface area (Å²) in [6, 6.07) is 9.74. The molecule has 2 aromatic carbocycles. The number of fused-ring (bicyclic) bond motifs is 1. The predicted octanol–water partition coefficient (Wildman–Crippen LogP) is 5.73. The molecule has 222 valence electrons. The molecular weight excluding hydrogens is 555 g/mol. The van der Waals surface area contributed by atoms with E-state index in [1.165, 1.54) is 17.6 Å². The van der Waals surface area contributed by atoms with Gasteiger partial charge in [-0.05, 0) is 54.2 Å². The molecule has 0 spiro atoms. The van der Waals surface area contributed by atoms with Crippen molar-refractivity contribution in [3.05, 3.63) is 81.9 Å². The SMILES string of the molecule is CC1CC(c2cccc(-n3cnc4c(C(F)(F)F)cc(CN5CCC(F)(F)C(C)C5)cc4c3=O)c2)(c2nncn2C)C1. The molecule has 7 nitrogen and oxygen atoms in total. The molecule has 1 aliphatic carbocycles. The molecule has 3 heterocycles. The third-order valence-corrected chi connectivity index (χ3v) is 8.86. The highest BCUT2D eigenvalue weighted by Gasteiger charge is 2.48. The topological polar surface area (TPSA) is 68.8 Å². The molecule has 2 fully saturated rings. The van der Waals surface area contributed by atoms with Crippen LogP contribution in [-0.4, -0.2) is 48.2 Å². The second-order valence-electron chi connectivity index (χ2n) is 12.0. The van der Waals surface area contributed by atoms with Crippen LogP contribution in [0.1, 0.15) is 55.6 Å². The van der Waals surface area contributed by atoms with Gasteiger partial charge in [-0.25, -0.2) is 13.8 Å². The monoisotopic (exact) mass is 586 g/mol. The van der Waals surface area contributed by atoms with E-state index in [0.717, 1.165) is 36.6 Å². The van der Waals surface area contributed by atoms with Crippen LogP contribution in [0.4, 0.5) is 22.0 Å². The van der Waals surface area contributed by atoms with E-state index >= 15 is 0 Å². The third kappa shape index (κ3) is 4.79. The van der Waals surface area contributed by atoms with Gasteiger partial charge in [0, 0.05) is 39.0 Å². The fourth-order valence-corrected chi connectivity index (χ4v) is 6.70. The Kier molecular flexibility index (Phi) is 6.75. The van der Waals surface area contributed by atoms with Gasteiger partial charge in [0.15, 0.2) is 0 Å². The number of hydrogen-bond acceptors (Lipinski definition) is 5. The van der Waals surface area contributed by atoms with Crippen molar-refractivity contribution in [2.45, 2.75) is 57.2 Å². The summed E-state index contributed by atoms with van der Waals surface area (Å²) in [4.78, 5) is 19.6. The predicted molar refractivity (Wildman–Crippen MR) is 147 cm³/mol. The largest absolute Gasteiger partial charge is 0.418 e. The molecule has 1 aliphatic heterocycles. The summed E-state index contributed by atoms with van der Waals surface area (Å²) in [5.41, 5.74) is -0.868. The van der Waals surface area contributed by atoms with E-state index in [1.807, 2.05) is 29.8 Å². The minimum atomic E-state index is -4.76. The van der Waals surface area contributed by atoms with Crippen molar-refractivity contribution in [3.63, 3.8) is 0 Å². The normalized spacial score (nSPS) is 24.6. The molecule has 0 radical (unpaired) electrons. The Bertz CT molecular complexity index is 1700. The average Bonchev–Trinajstić information content (AvgIpc) is 3.34. The molecule has 1 atom stereocenters. The zero-order valence-corrected chi connectivity index (χ0v) is 23.5. The van der Waals surface area contributed by atoms with E-state index in [0.29, 0.717) is 11.6 Å². The minimum absolute atomic E-state index is 0.0155. The zero-order chi connectivity index (χ0) is 30.0. The van der Waals surface area contributed by atoms with Crippen LogP contribution in [0.3, 0.4) is 0 Å². The molecule has 2 aromatic heterocycles. The van der Waals surface area contributed by atoms with Crippen LogP contribution in [-0.2, 0) is 25.2 Å². The van der Waals surface area contributed by atoms with Crippen molar-refractivity contribution in [1.29, 1.82) is 0 Å². The van der Waals surface area contributed by atoms with Crippen LogP contribution in [0, 0.1) is 11.8 Å². The van der Waals surface area contributed by atoms with E-state index < -0.39 is 40.1 Å². The van der Waals surface area contributed by atoms with Gasteiger partial charge in [-0.3, -0.25) is 14.3 Å². The first kappa shape index (κ1) is 28.4. The second kappa shape index (κ2) is 9.96. The first-order chi connectivity index (χ1) is 19.8. The van der Waals surface area contributed by atoms with Crippen LogP contribution < -0.4 is 5.56 Å². The first-order valence-electron chi connectivity index (χ1n) is 14.0. The highest BCUT2D eigenvalue weighted by Crippen LogP contribution is 2.51. The molecule has 1 unspecified atom stereocenters. The van der Waals surface area contributed by atoms with Crippen LogP contribution in [0.2, 0.25) is 0 Å². The Morgan fingerprint density at radius 3 is 2.48 bits per heavy atom. The second-order valence-corrected chi connectivity index (χ2v) is 12.0. The molecule has 4 aromatic rings. The maximum atomic E-state index is 14.1. The molecule has 6 rings (SSSR count). The summed E-state index contributed by atoms with van der Waals surface area (Å²) in [5, 5.41) is 8.24. The Labute approximate surface area is 239 Å². The molecule has 12 heteroatoms.